The average molecular weight is 352 g/mol. The highest BCUT2D eigenvalue weighted by Gasteiger charge is 2.17. The van der Waals surface area contributed by atoms with Crippen molar-refractivity contribution >= 4 is 17.1 Å². The first-order valence-corrected chi connectivity index (χ1v) is 8.03. The molecule has 0 fully saturated rings. The van der Waals surface area contributed by atoms with Gasteiger partial charge in [-0.25, -0.2) is 0 Å². The highest BCUT2D eigenvalue weighted by Crippen LogP contribution is 2.28. The zero-order valence-corrected chi connectivity index (χ0v) is 14.4. The third-order valence-electron chi connectivity index (χ3n) is 3.70. The van der Waals surface area contributed by atoms with E-state index in [1.807, 2.05) is 0 Å². The molecule has 0 saturated heterocycles. The Bertz CT molecular complexity index is 818. The number of carbonyl (C=O) groups excluding carboxylic acids is 1. The summed E-state index contributed by atoms with van der Waals surface area (Å²) in [6.45, 7) is 0.457. The summed E-state index contributed by atoms with van der Waals surface area (Å²) < 4.78 is 10.6. The topological polar surface area (TPSA) is 106 Å². The lowest BCUT2D eigenvalue weighted by molar-refractivity contribution is -0.112. The molecule has 26 heavy (non-hydrogen) atoms. The van der Waals surface area contributed by atoms with Gasteiger partial charge in [0.2, 0.25) is 0 Å². The van der Waals surface area contributed by atoms with Crippen LogP contribution in [0.15, 0.2) is 48.5 Å². The Kier molecular flexibility index (Phi) is 6.77. The number of benzene rings is 2. The Labute approximate surface area is 152 Å². The molecule has 1 amide bonds. The van der Waals surface area contributed by atoms with E-state index in [1.165, 1.54) is 0 Å². The second kappa shape index (κ2) is 9.25. The largest absolute Gasteiger partial charge is 0.497 e. The van der Waals surface area contributed by atoms with Crippen molar-refractivity contribution < 1.29 is 19.4 Å². The molecule has 0 aromatic heterocycles. The number of nitrogens with two attached hydrogens (primary N) is 1. The number of carbonyl (C=O) groups is 1. The number of hydrogen-bond acceptors (Lipinski definition) is 5. The maximum atomic E-state index is 12.0. The molecular weight excluding hydrogens is 332 g/mol. The Balaban J connectivity index is 2.40. The molecule has 0 aliphatic carbocycles. The lowest BCUT2D eigenvalue weighted by Crippen LogP contribution is -2.14. The summed E-state index contributed by atoms with van der Waals surface area (Å²) >= 11 is 0. The summed E-state index contributed by atoms with van der Waals surface area (Å²) in [4.78, 5) is 12.0. The van der Waals surface area contributed by atoms with E-state index in [0.717, 1.165) is 0 Å². The number of hydrogen-bond donors (Lipinski definition) is 2. The fourth-order valence-corrected chi connectivity index (χ4v) is 2.40. The number of allylic oxidation sites excluding steroid dienone is 1. The molecule has 0 unspecified atom stereocenters. The van der Waals surface area contributed by atoms with Gasteiger partial charge >= 0.3 is 0 Å². The van der Waals surface area contributed by atoms with Gasteiger partial charge in [-0.2, -0.15) is 5.26 Å². The number of nitriles is 1. The molecule has 2 rings (SSSR count). The van der Waals surface area contributed by atoms with Gasteiger partial charge in [0.1, 0.15) is 17.6 Å². The summed E-state index contributed by atoms with van der Waals surface area (Å²) in [6.07, 6.45) is 0.536. The minimum absolute atomic E-state index is 0.0588. The van der Waals surface area contributed by atoms with Crippen molar-refractivity contribution in [1.29, 1.82) is 5.26 Å². The number of aliphatic hydroxyl groups excluding tert-OH is 1. The van der Waals surface area contributed by atoms with Crippen LogP contribution in [0.5, 0.6) is 11.5 Å². The summed E-state index contributed by atoms with van der Waals surface area (Å²) in [5.41, 5.74) is 6.97. The molecule has 0 aliphatic rings. The highest BCUT2D eigenvalue weighted by molar-refractivity contribution is 6.28. The average Bonchev–Trinajstić information content (AvgIpc) is 2.67. The Morgan fingerprint density at radius 3 is 2.15 bits per heavy atom. The zero-order chi connectivity index (χ0) is 18.9. The lowest BCUT2D eigenvalue weighted by atomic mass is 9.95. The van der Waals surface area contributed by atoms with Gasteiger partial charge in [0.15, 0.2) is 0 Å². The number of primary amides is 1. The van der Waals surface area contributed by atoms with Gasteiger partial charge in [0, 0.05) is 13.0 Å². The molecule has 2 aromatic carbocycles. The zero-order valence-electron chi connectivity index (χ0n) is 14.4. The van der Waals surface area contributed by atoms with Crippen molar-refractivity contribution in [1.82, 2.24) is 0 Å². The van der Waals surface area contributed by atoms with Gasteiger partial charge in [-0.15, -0.1) is 0 Å². The van der Waals surface area contributed by atoms with Gasteiger partial charge in [0.25, 0.3) is 5.91 Å². The molecule has 0 heterocycles. The molecule has 3 N–H and O–H groups in total. The molecule has 0 atom stereocenters. The number of rotatable bonds is 8. The van der Waals surface area contributed by atoms with Gasteiger partial charge in [0.05, 0.1) is 24.9 Å². The van der Waals surface area contributed by atoms with Gasteiger partial charge < -0.3 is 20.3 Å². The van der Waals surface area contributed by atoms with E-state index in [1.54, 1.807) is 55.6 Å². The van der Waals surface area contributed by atoms with Crippen molar-refractivity contribution in [3.63, 3.8) is 0 Å². The maximum Gasteiger partial charge on any atom is 0.250 e. The van der Waals surface area contributed by atoms with E-state index >= 15 is 0 Å². The number of methoxy groups -OCH3 is 1. The van der Waals surface area contributed by atoms with E-state index in [0.29, 0.717) is 35.7 Å². The lowest BCUT2D eigenvalue weighted by Gasteiger charge is -2.10. The predicted octanol–water partition coefficient (Wildman–Crippen LogP) is 2.38. The molecule has 2 aromatic rings. The molecule has 0 bridgehead atoms. The summed E-state index contributed by atoms with van der Waals surface area (Å²) in [5.74, 6) is 0.569. The number of ether oxygens (including phenoxy) is 2. The van der Waals surface area contributed by atoms with E-state index < -0.39 is 5.91 Å². The van der Waals surface area contributed by atoms with Crippen molar-refractivity contribution in [2.45, 2.75) is 6.42 Å². The summed E-state index contributed by atoms with van der Waals surface area (Å²) in [7, 11) is 1.55. The first-order chi connectivity index (χ1) is 12.6. The van der Waals surface area contributed by atoms with Gasteiger partial charge in [-0.3, -0.25) is 4.79 Å². The molecule has 6 nitrogen and oxygen atoms in total. The highest BCUT2D eigenvalue weighted by atomic mass is 16.5. The normalized spacial score (nSPS) is 11.3. The van der Waals surface area contributed by atoms with Crippen molar-refractivity contribution in [2.75, 3.05) is 20.3 Å². The first kappa shape index (κ1) is 19.0. The van der Waals surface area contributed by atoms with Gasteiger partial charge in [-0.1, -0.05) is 12.1 Å². The van der Waals surface area contributed by atoms with Crippen LogP contribution in [-0.2, 0) is 4.79 Å². The Hall–Kier alpha value is -3.30. The number of aliphatic hydroxyl groups is 1. The monoisotopic (exact) mass is 352 g/mol. The van der Waals surface area contributed by atoms with Crippen molar-refractivity contribution in [3.8, 4) is 17.6 Å². The minimum atomic E-state index is -0.685. The fraction of sp³-hybridized carbons (Fsp3) is 0.200. The third-order valence-corrected chi connectivity index (χ3v) is 3.70. The van der Waals surface area contributed by atoms with Crippen LogP contribution in [0.4, 0.5) is 0 Å². The molecule has 0 saturated carbocycles. The molecule has 134 valence electrons. The van der Waals surface area contributed by atoms with Crippen LogP contribution in [0.1, 0.15) is 17.5 Å². The Morgan fingerprint density at radius 2 is 1.65 bits per heavy atom. The second-order valence-corrected chi connectivity index (χ2v) is 5.40. The van der Waals surface area contributed by atoms with E-state index in [4.69, 9.17) is 20.3 Å². The van der Waals surface area contributed by atoms with Crippen LogP contribution in [0.25, 0.3) is 11.1 Å². The number of amides is 1. The molecule has 6 heteroatoms. The molecule has 0 aliphatic heterocycles. The molecular formula is C20H20N2O4. The first-order valence-electron chi connectivity index (χ1n) is 8.03. The van der Waals surface area contributed by atoms with Crippen molar-refractivity contribution in [2.24, 2.45) is 5.73 Å². The minimum Gasteiger partial charge on any atom is -0.497 e. The predicted molar refractivity (Wildman–Crippen MR) is 98.3 cm³/mol. The third kappa shape index (κ3) is 4.62. The van der Waals surface area contributed by atoms with Crippen LogP contribution in [0.2, 0.25) is 0 Å². The quantitative estimate of drug-likeness (QED) is 0.328. The van der Waals surface area contributed by atoms with Crippen LogP contribution < -0.4 is 15.2 Å². The maximum absolute atomic E-state index is 12.0. The van der Waals surface area contributed by atoms with Crippen LogP contribution in [-0.4, -0.2) is 31.3 Å². The Morgan fingerprint density at radius 1 is 1.08 bits per heavy atom. The van der Waals surface area contributed by atoms with E-state index in [-0.39, 0.29) is 17.8 Å². The standard InChI is InChI=1S/C20H20N2O4/c1-25-16-7-5-15(6-8-16)19(20(22)24)18(13-21)14-3-9-17(10-4-14)26-12-2-11-23/h3-10,23H,2,11-12H2,1H3,(H2,22,24)/b19-18-. The SMILES string of the molecule is COc1ccc(/C(C(N)=O)=C(\C#N)c2ccc(OCCCO)cc2)cc1. The van der Waals surface area contributed by atoms with E-state index in [2.05, 4.69) is 6.07 Å². The smallest absolute Gasteiger partial charge is 0.250 e. The van der Waals surface area contributed by atoms with E-state index in [9.17, 15) is 10.1 Å². The van der Waals surface area contributed by atoms with Crippen molar-refractivity contribution in [3.05, 3.63) is 59.7 Å². The van der Waals surface area contributed by atoms with Gasteiger partial charge in [-0.05, 0) is 47.5 Å². The van der Waals surface area contributed by atoms with Crippen LogP contribution in [0.3, 0.4) is 0 Å². The summed E-state index contributed by atoms with van der Waals surface area (Å²) in [5, 5.41) is 18.4. The fourth-order valence-electron chi connectivity index (χ4n) is 2.40. The van der Waals surface area contributed by atoms with Crippen LogP contribution in [0, 0.1) is 11.3 Å². The van der Waals surface area contributed by atoms with Crippen LogP contribution >= 0.6 is 0 Å². The molecule has 0 spiro atoms. The summed E-state index contributed by atoms with van der Waals surface area (Å²) in [6, 6.07) is 15.6. The second-order valence-electron chi connectivity index (χ2n) is 5.40. The molecule has 0 radical (unpaired) electrons. The number of nitrogens with zero attached hydrogens (tertiary/aromatic N) is 1.